The smallest absolute Gasteiger partial charge is 0.137 e. The summed E-state index contributed by atoms with van der Waals surface area (Å²) in [7, 11) is 0. The molecule has 1 fully saturated rings. The summed E-state index contributed by atoms with van der Waals surface area (Å²) >= 11 is 0. The molecule has 4 rings (SSSR count). The Morgan fingerprint density at radius 1 is 1.11 bits per heavy atom. The van der Waals surface area contributed by atoms with Crippen LogP contribution in [-0.4, -0.2) is 5.78 Å². The lowest BCUT2D eigenvalue weighted by Crippen LogP contribution is -2.12. The Labute approximate surface area is 107 Å². The molecule has 1 saturated carbocycles. The number of benzene rings is 2. The molecule has 2 aliphatic carbocycles. The first-order valence-corrected chi connectivity index (χ1v) is 6.81. The summed E-state index contributed by atoms with van der Waals surface area (Å²) in [5.74, 6) is 1.62. The third-order valence-corrected chi connectivity index (χ3v) is 4.91. The van der Waals surface area contributed by atoms with Crippen molar-refractivity contribution >= 4 is 16.6 Å². The van der Waals surface area contributed by atoms with Crippen molar-refractivity contribution in [1.82, 2.24) is 0 Å². The highest BCUT2D eigenvalue weighted by Crippen LogP contribution is 2.54. The molecule has 0 bridgehead atoms. The molecule has 1 heteroatoms. The summed E-state index contributed by atoms with van der Waals surface area (Å²) < 4.78 is 0. The standard InChI is InChI=1S/C17H16O/c1-10-12-7-6-11-4-2-3-5-13(11)17(12)14-8-9-15(18)16(10)14/h2-7,10,14,16H,8-9H2,1H3/t10-,14-,16-/m0/s1. The lowest BCUT2D eigenvalue weighted by Gasteiger charge is -2.12. The van der Waals surface area contributed by atoms with Crippen molar-refractivity contribution in [3.63, 3.8) is 0 Å². The molecule has 0 saturated heterocycles. The maximum Gasteiger partial charge on any atom is 0.137 e. The average molecular weight is 236 g/mol. The van der Waals surface area contributed by atoms with Gasteiger partial charge in [0, 0.05) is 12.3 Å². The zero-order chi connectivity index (χ0) is 12.3. The van der Waals surface area contributed by atoms with E-state index in [1.54, 1.807) is 0 Å². The molecule has 0 spiro atoms. The van der Waals surface area contributed by atoms with Gasteiger partial charge in [-0.3, -0.25) is 4.79 Å². The lowest BCUT2D eigenvalue weighted by molar-refractivity contribution is -0.121. The molecule has 0 heterocycles. The molecule has 2 aromatic rings. The highest BCUT2D eigenvalue weighted by molar-refractivity contribution is 5.93. The molecule has 0 amide bonds. The van der Waals surface area contributed by atoms with E-state index in [1.165, 1.54) is 21.9 Å². The largest absolute Gasteiger partial charge is 0.299 e. The molecule has 18 heavy (non-hydrogen) atoms. The molecule has 1 nitrogen and oxygen atoms in total. The third-order valence-electron chi connectivity index (χ3n) is 4.91. The highest BCUT2D eigenvalue weighted by atomic mass is 16.1. The Morgan fingerprint density at radius 2 is 1.94 bits per heavy atom. The van der Waals surface area contributed by atoms with E-state index in [-0.39, 0.29) is 5.92 Å². The van der Waals surface area contributed by atoms with Gasteiger partial charge >= 0.3 is 0 Å². The zero-order valence-electron chi connectivity index (χ0n) is 10.5. The molecule has 0 radical (unpaired) electrons. The van der Waals surface area contributed by atoms with Crippen molar-refractivity contribution in [2.45, 2.75) is 31.6 Å². The number of hydrogen-bond acceptors (Lipinski definition) is 1. The highest BCUT2D eigenvalue weighted by Gasteiger charge is 2.46. The quantitative estimate of drug-likeness (QED) is 0.675. The van der Waals surface area contributed by atoms with E-state index in [2.05, 4.69) is 43.3 Å². The van der Waals surface area contributed by atoms with E-state index in [9.17, 15) is 4.79 Å². The van der Waals surface area contributed by atoms with Crippen molar-refractivity contribution in [3.05, 3.63) is 47.5 Å². The van der Waals surface area contributed by atoms with Crippen LogP contribution in [0.5, 0.6) is 0 Å². The van der Waals surface area contributed by atoms with E-state index >= 15 is 0 Å². The number of ketones is 1. The van der Waals surface area contributed by atoms with Crippen LogP contribution in [0.15, 0.2) is 36.4 Å². The van der Waals surface area contributed by atoms with Gasteiger partial charge < -0.3 is 0 Å². The van der Waals surface area contributed by atoms with Crippen molar-refractivity contribution in [2.75, 3.05) is 0 Å². The topological polar surface area (TPSA) is 17.1 Å². The van der Waals surface area contributed by atoms with Crippen molar-refractivity contribution in [2.24, 2.45) is 5.92 Å². The molecule has 2 aliphatic rings. The summed E-state index contributed by atoms with van der Waals surface area (Å²) in [6, 6.07) is 13.0. The number of carbonyl (C=O) groups excluding carboxylic acids is 1. The Hall–Kier alpha value is -1.63. The van der Waals surface area contributed by atoms with Crippen molar-refractivity contribution in [1.29, 1.82) is 0 Å². The van der Waals surface area contributed by atoms with Crippen LogP contribution in [0.2, 0.25) is 0 Å². The minimum absolute atomic E-state index is 0.255. The van der Waals surface area contributed by atoms with Crippen LogP contribution in [0.1, 0.15) is 42.7 Å². The summed E-state index contributed by atoms with van der Waals surface area (Å²) in [6.07, 6.45) is 1.83. The van der Waals surface area contributed by atoms with E-state index < -0.39 is 0 Å². The van der Waals surface area contributed by atoms with E-state index in [0.717, 1.165) is 12.8 Å². The second-order valence-electron chi connectivity index (χ2n) is 5.72. The van der Waals surface area contributed by atoms with Crippen LogP contribution in [0, 0.1) is 5.92 Å². The van der Waals surface area contributed by atoms with Gasteiger partial charge in [-0.25, -0.2) is 0 Å². The SMILES string of the molecule is C[C@H]1c2ccc3ccccc3c2[C@H]2CCC(=O)[C@H]21. The summed E-state index contributed by atoms with van der Waals surface area (Å²) in [5.41, 5.74) is 2.88. The molecule has 2 aromatic carbocycles. The maximum atomic E-state index is 12.1. The molecular formula is C17H16O. The van der Waals surface area contributed by atoms with Crippen molar-refractivity contribution in [3.8, 4) is 0 Å². The van der Waals surface area contributed by atoms with Gasteiger partial charge in [-0.15, -0.1) is 0 Å². The molecule has 0 N–H and O–H groups in total. The zero-order valence-corrected chi connectivity index (χ0v) is 10.5. The van der Waals surface area contributed by atoms with Crippen LogP contribution in [-0.2, 0) is 4.79 Å². The molecular weight excluding hydrogens is 220 g/mol. The van der Waals surface area contributed by atoms with Crippen LogP contribution in [0.25, 0.3) is 10.8 Å². The van der Waals surface area contributed by atoms with Crippen LogP contribution in [0.3, 0.4) is 0 Å². The monoisotopic (exact) mass is 236 g/mol. The first-order valence-electron chi connectivity index (χ1n) is 6.81. The number of carbonyl (C=O) groups is 1. The van der Waals surface area contributed by atoms with Gasteiger partial charge in [0.1, 0.15) is 5.78 Å². The van der Waals surface area contributed by atoms with E-state index in [0.29, 0.717) is 17.6 Å². The van der Waals surface area contributed by atoms with Crippen LogP contribution >= 0.6 is 0 Å². The van der Waals surface area contributed by atoms with E-state index in [1.807, 2.05) is 0 Å². The molecule has 0 aromatic heterocycles. The fraction of sp³-hybridized carbons (Fsp3) is 0.353. The number of fused-ring (bicyclic) bond motifs is 5. The Kier molecular flexibility index (Phi) is 1.97. The maximum absolute atomic E-state index is 12.1. The normalized spacial score (nSPS) is 29.6. The lowest BCUT2D eigenvalue weighted by atomic mass is 9.90. The van der Waals surface area contributed by atoms with Gasteiger partial charge in [0.15, 0.2) is 0 Å². The fourth-order valence-electron chi connectivity index (χ4n) is 4.14. The van der Waals surface area contributed by atoms with Gasteiger partial charge in [0.05, 0.1) is 0 Å². The average Bonchev–Trinajstić information content (AvgIpc) is 2.90. The Morgan fingerprint density at radius 3 is 2.83 bits per heavy atom. The first kappa shape index (κ1) is 10.3. The Bertz CT molecular complexity index is 656. The fourth-order valence-corrected chi connectivity index (χ4v) is 4.14. The number of Topliss-reactive ketones (excluding diaryl/α,β-unsaturated/α-hetero) is 1. The second-order valence-corrected chi connectivity index (χ2v) is 5.72. The second kappa shape index (κ2) is 3.44. The molecule has 3 atom stereocenters. The van der Waals surface area contributed by atoms with Gasteiger partial charge in [0.25, 0.3) is 0 Å². The minimum atomic E-state index is 0.255. The summed E-state index contributed by atoms with van der Waals surface area (Å²) in [6.45, 7) is 2.22. The molecule has 90 valence electrons. The number of rotatable bonds is 0. The van der Waals surface area contributed by atoms with E-state index in [4.69, 9.17) is 0 Å². The predicted molar refractivity (Wildman–Crippen MR) is 72.8 cm³/mol. The van der Waals surface area contributed by atoms with Crippen LogP contribution < -0.4 is 0 Å². The Balaban J connectivity index is 2.04. The van der Waals surface area contributed by atoms with Gasteiger partial charge in [-0.1, -0.05) is 43.3 Å². The summed E-state index contributed by atoms with van der Waals surface area (Å²) in [4.78, 5) is 12.1. The minimum Gasteiger partial charge on any atom is -0.299 e. The third kappa shape index (κ3) is 1.14. The van der Waals surface area contributed by atoms with Gasteiger partial charge in [0.2, 0.25) is 0 Å². The summed E-state index contributed by atoms with van der Waals surface area (Å²) in [5, 5.41) is 2.67. The predicted octanol–water partition coefficient (Wildman–Crippen LogP) is 4.02. The first-order chi connectivity index (χ1) is 8.77. The van der Waals surface area contributed by atoms with Gasteiger partial charge in [-0.05, 0) is 40.2 Å². The number of hydrogen-bond donors (Lipinski definition) is 0. The van der Waals surface area contributed by atoms with Crippen molar-refractivity contribution < 1.29 is 4.79 Å². The van der Waals surface area contributed by atoms with Crippen LogP contribution in [0.4, 0.5) is 0 Å². The van der Waals surface area contributed by atoms with Gasteiger partial charge in [-0.2, -0.15) is 0 Å². The molecule has 0 unspecified atom stereocenters. The molecule has 0 aliphatic heterocycles.